The summed E-state index contributed by atoms with van der Waals surface area (Å²) in [4.78, 5) is 10.7. The van der Waals surface area contributed by atoms with Crippen LogP contribution in [0.2, 0.25) is 0 Å². The van der Waals surface area contributed by atoms with Crippen LogP contribution in [0.4, 0.5) is 0 Å². The third-order valence-corrected chi connectivity index (χ3v) is 6.74. The lowest BCUT2D eigenvalue weighted by Gasteiger charge is -2.33. The highest BCUT2D eigenvalue weighted by Crippen LogP contribution is 2.21. The van der Waals surface area contributed by atoms with Crippen LogP contribution in [0.5, 0.6) is 5.75 Å². The molecule has 4 rings (SSSR count). The zero-order chi connectivity index (χ0) is 21.0. The Kier molecular flexibility index (Phi) is 6.07. The van der Waals surface area contributed by atoms with Gasteiger partial charge >= 0.3 is 0 Å². The third-order valence-electron chi connectivity index (χ3n) is 4.85. The summed E-state index contributed by atoms with van der Waals surface area (Å²) in [6, 6.07) is 10.7. The van der Waals surface area contributed by atoms with Crippen LogP contribution in [-0.4, -0.2) is 65.5 Å². The highest BCUT2D eigenvalue weighted by molar-refractivity contribution is 7.89. The van der Waals surface area contributed by atoms with Crippen LogP contribution in [0.25, 0.3) is 11.4 Å². The fraction of sp³-hybridized carbons (Fsp3) is 0.350. The molecule has 1 aliphatic heterocycles. The number of piperazine rings is 1. The first-order valence-corrected chi connectivity index (χ1v) is 11.2. The second kappa shape index (κ2) is 8.90. The third kappa shape index (κ3) is 4.50. The van der Waals surface area contributed by atoms with Gasteiger partial charge in [-0.25, -0.2) is 8.42 Å². The van der Waals surface area contributed by atoms with E-state index in [-0.39, 0.29) is 4.90 Å². The maximum Gasteiger partial charge on any atom is 0.244 e. The van der Waals surface area contributed by atoms with Gasteiger partial charge in [0.05, 0.1) is 13.2 Å². The van der Waals surface area contributed by atoms with Crippen LogP contribution < -0.4 is 4.74 Å². The molecule has 1 aromatic carbocycles. The van der Waals surface area contributed by atoms with E-state index in [0.29, 0.717) is 51.0 Å². The number of nitrogens with zero attached hydrogens (tertiary/aromatic N) is 5. The van der Waals surface area contributed by atoms with Gasteiger partial charge in [0.25, 0.3) is 0 Å². The normalized spacial score (nSPS) is 15.9. The Hall–Kier alpha value is -2.82. The van der Waals surface area contributed by atoms with E-state index in [2.05, 4.69) is 20.0 Å². The van der Waals surface area contributed by atoms with Crippen molar-refractivity contribution in [3.05, 3.63) is 54.7 Å². The summed E-state index contributed by atoms with van der Waals surface area (Å²) < 4.78 is 37.7. The number of pyridine rings is 1. The van der Waals surface area contributed by atoms with Gasteiger partial charge in [0.2, 0.25) is 21.7 Å². The molecule has 3 heterocycles. The molecular weight excluding hydrogens is 406 g/mol. The van der Waals surface area contributed by atoms with Crippen molar-refractivity contribution in [2.75, 3.05) is 32.8 Å². The molecule has 0 radical (unpaired) electrons. The molecular formula is C20H23N5O4S. The second-order valence-electron chi connectivity index (χ2n) is 6.84. The number of rotatable bonds is 7. The number of ether oxygens (including phenoxy) is 1. The second-order valence-corrected chi connectivity index (χ2v) is 8.78. The van der Waals surface area contributed by atoms with Crippen LogP contribution in [0, 0.1) is 0 Å². The SMILES string of the molecule is CCOc1ccc(-c2noc(CN3CCN(S(=O)(=O)c4cccnc4)CC3)n2)cc1. The summed E-state index contributed by atoms with van der Waals surface area (Å²) in [5.74, 6) is 1.82. The van der Waals surface area contributed by atoms with Gasteiger partial charge in [-0.1, -0.05) is 5.16 Å². The largest absolute Gasteiger partial charge is 0.494 e. The summed E-state index contributed by atoms with van der Waals surface area (Å²) in [7, 11) is -3.52. The minimum absolute atomic E-state index is 0.218. The van der Waals surface area contributed by atoms with Crippen molar-refractivity contribution in [2.24, 2.45) is 0 Å². The zero-order valence-electron chi connectivity index (χ0n) is 16.6. The van der Waals surface area contributed by atoms with Crippen LogP contribution in [0.3, 0.4) is 0 Å². The molecule has 10 heteroatoms. The highest BCUT2D eigenvalue weighted by atomic mass is 32.2. The molecule has 1 aliphatic rings. The van der Waals surface area contributed by atoms with Crippen molar-refractivity contribution >= 4 is 10.0 Å². The van der Waals surface area contributed by atoms with Gasteiger partial charge in [-0.15, -0.1) is 0 Å². The van der Waals surface area contributed by atoms with Crippen molar-refractivity contribution in [3.8, 4) is 17.1 Å². The van der Waals surface area contributed by atoms with E-state index >= 15 is 0 Å². The van der Waals surface area contributed by atoms with Crippen molar-refractivity contribution in [1.29, 1.82) is 0 Å². The maximum atomic E-state index is 12.7. The van der Waals surface area contributed by atoms with E-state index in [9.17, 15) is 8.42 Å². The van der Waals surface area contributed by atoms with Gasteiger partial charge in [0.15, 0.2) is 0 Å². The molecule has 0 saturated carbocycles. The molecule has 0 spiro atoms. The smallest absolute Gasteiger partial charge is 0.244 e. The van der Waals surface area contributed by atoms with Crippen molar-refractivity contribution < 1.29 is 17.7 Å². The Balaban J connectivity index is 1.35. The van der Waals surface area contributed by atoms with Gasteiger partial charge < -0.3 is 9.26 Å². The van der Waals surface area contributed by atoms with Gasteiger partial charge in [-0.2, -0.15) is 9.29 Å². The number of aromatic nitrogens is 3. The van der Waals surface area contributed by atoms with E-state index in [1.165, 1.54) is 10.5 Å². The predicted molar refractivity (Wildman–Crippen MR) is 109 cm³/mol. The summed E-state index contributed by atoms with van der Waals surface area (Å²) >= 11 is 0. The monoisotopic (exact) mass is 429 g/mol. The first-order chi connectivity index (χ1) is 14.6. The van der Waals surface area contributed by atoms with E-state index < -0.39 is 10.0 Å². The Morgan fingerprint density at radius 3 is 2.53 bits per heavy atom. The first kappa shape index (κ1) is 20.5. The molecule has 1 fully saturated rings. The Labute approximate surface area is 175 Å². The Morgan fingerprint density at radius 1 is 1.10 bits per heavy atom. The molecule has 1 saturated heterocycles. The quantitative estimate of drug-likeness (QED) is 0.562. The first-order valence-electron chi connectivity index (χ1n) is 9.74. The average molecular weight is 430 g/mol. The molecule has 0 aliphatic carbocycles. The van der Waals surface area contributed by atoms with Crippen LogP contribution in [0.15, 0.2) is 58.2 Å². The summed E-state index contributed by atoms with van der Waals surface area (Å²) in [6.45, 7) is 5.00. The van der Waals surface area contributed by atoms with Gasteiger partial charge in [0.1, 0.15) is 10.6 Å². The molecule has 30 heavy (non-hydrogen) atoms. The predicted octanol–water partition coefficient (Wildman–Crippen LogP) is 2.04. The standard InChI is InChI=1S/C20H23N5O4S/c1-2-28-17-7-5-16(6-8-17)20-22-19(29-23-20)15-24-10-12-25(13-11-24)30(26,27)18-4-3-9-21-14-18/h3-9,14H,2,10-13,15H2,1H3. The zero-order valence-corrected chi connectivity index (χ0v) is 17.5. The van der Waals surface area contributed by atoms with Gasteiger partial charge in [0, 0.05) is 44.1 Å². The van der Waals surface area contributed by atoms with E-state index in [0.717, 1.165) is 11.3 Å². The molecule has 0 bridgehead atoms. The van der Waals surface area contributed by atoms with E-state index in [1.807, 2.05) is 31.2 Å². The molecule has 2 aromatic heterocycles. The highest BCUT2D eigenvalue weighted by Gasteiger charge is 2.29. The van der Waals surface area contributed by atoms with Crippen LogP contribution in [-0.2, 0) is 16.6 Å². The molecule has 9 nitrogen and oxygen atoms in total. The van der Waals surface area contributed by atoms with Crippen LogP contribution >= 0.6 is 0 Å². The number of benzene rings is 1. The lowest BCUT2D eigenvalue weighted by molar-refractivity contribution is 0.163. The van der Waals surface area contributed by atoms with Crippen molar-refractivity contribution in [2.45, 2.75) is 18.4 Å². The number of hydrogen-bond acceptors (Lipinski definition) is 8. The molecule has 158 valence electrons. The van der Waals surface area contributed by atoms with Gasteiger partial charge in [-0.3, -0.25) is 9.88 Å². The topological polar surface area (TPSA) is 102 Å². The minimum Gasteiger partial charge on any atom is -0.494 e. The van der Waals surface area contributed by atoms with Crippen LogP contribution in [0.1, 0.15) is 12.8 Å². The fourth-order valence-electron chi connectivity index (χ4n) is 3.27. The fourth-order valence-corrected chi connectivity index (χ4v) is 4.66. The molecule has 0 N–H and O–H groups in total. The molecule has 0 amide bonds. The number of hydrogen-bond donors (Lipinski definition) is 0. The summed E-state index contributed by atoms with van der Waals surface area (Å²) in [6.07, 6.45) is 2.94. The van der Waals surface area contributed by atoms with Crippen molar-refractivity contribution in [3.63, 3.8) is 0 Å². The summed E-state index contributed by atoms with van der Waals surface area (Å²) in [5, 5.41) is 4.05. The molecule has 0 atom stereocenters. The Bertz CT molecular complexity index is 1060. The maximum absolute atomic E-state index is 12.7. The van der Waals surface area contributed by atoms with E-state index in [4.69, 9.17) is 9.26 Å². The minimum atomic E-state index is -3.52. The Morgan fingerprint density at radius 2 is 1.87 bits per heavy atom. The number of sulfonamides is 1. The van der Waals surface area contributed by atoms with Gasteiger partial charge in [-0.05, 0) is 43.3 Å². The summed E-state index contributed by atoms with van der Waals surface area (Å²) in [5.41, 5.74) is 0.848. The van der Waals surface area contributed by atoms with E-state index in [1.54, 1.807) is 18.3 Å². The van der Waals surface area contributed by atoms with Crippen molar-refractivity contribution in [1.82, 2.24) is 24.3 Å². The molecule has 0 unspecified atom stereocenters. The average Bonchev–Trinajstić information content (AvgIpc) is 3.24. The lowest BCUT2D eigenvalue weighted by Crippen LogP contribution is -2.48. The molecule has 3 aromatic rings. The lowest BCUT2D eigenvalue weighted by atomic mass is 10.2.